The summed E-state index contributed by atoms with van der Waals surface area (Å²) in [5, 5.41) is 15.7. The molecule has 1 N–H and O–H groups in total. The van der Waals surface area contributed by atoms with E-state index in [2.05, 4.69) is 202 Å². The number of ether oxygens (including phenoxy) is 2. The van der Waals surface area contributed by atoms with Crippen LogP contribution < -0.4 is 4.74 Å². The lowest BCUT2D eigenvalue weighted by atomic mass is 10.0. The Morgan fingerprint density at radius 1 is 0.400 bits per heavy atom. The monoisotopic (exact) mass is 1320 g/mol. The number of aromatic hydroxyl groups is 1. The molecule has 6 aliphatic rings. The van der Waals surface area contributed by atoms with Crippen LogP contribution in [0.4, 0.5) is 0 Å². The van der Waals surface area contributed by atoms with Crippen molar-refractivity contribution in [3.05, 3.63) is 194 Å². The van der Waals surface area contributed by atoms with Crippen LogP contribution >= 0.6 is 0 Å². The van der Waals surface area contributed by atoms with Gasteiger partial charge in [0, 0.05) is 88.1 Å². The Hall–Kier alpha value is -4.06. The summed E-state index contributed by atoms with van der Waals surface area (Å²) in [5.74, 6) is 13.3. The fourth-order valence-corrected chi connectivity index (χ4v) is 25.5. The molecule has 4 saturated heterocycles. The molecule has 0 spiro atoms. The molecular weight excluding hydrogens is 1210 g/mol. The number of hydrogen-bond donors (Lipinski definition) is 1. The van der Waals surface area contributed by atoms with Gasteiger partial charge in [0.05, 0.1) is 13.2 Å². The summed E-state index contributed by atoms with van der Waals surface area (Å²) >= 11 is 0. The number of benzene rings is 8. The van der Waals surface area contributed by atoms with Crippen LogP contribution in [0, 0.1) is 5.92 Å². The third-order valence-electron chi connectivity index (χ3n) is 18.3. The van der Waals surface area contributed by atoms with Crippen molar-refractivity contribution in [2.75, 3.05) is 78.0 Å². The summed E-state index contributed by atoms with van der Waals surface area (Å²) in [5.41, 5.74) is 1.33. The second-order valence-corrected chi connectivity index (χ2v) is 38.5. The normalized spacial score (nSPS) is 18.0. The van der Waals surface area contributed by atoms with Gasteiger partial charge in [0.25, 0.3) is 0 Å². The highest BCUT2D eigenvalue weighted by atomic mass is 32.2. The van der Waals surface area contributed by atoms with E-state index in [4.69, 9.17) is 14.6 Å². The van der Waals surface area contributed by atoms with Gasteiger partial charge in [-0.1, -0.05) is 136 Å². The van der Waals surface area contributed by atoms with Crippen LogP contribution in [0.25, 0.3) is 21.5 Å². The van der Waals surface area contributed by atoms with Gasteiger partial charge in [-0.3, -0.25) is 0 Å². The van der Waals surface area contributed by atoms with Crippen LogP contribution in [0.1, 0.15) is 141 Å². The van der Waals surface area contributed by atoms with Gasteiger partial charge >= 0.3 is 0 Å². The average molecular weight is 1320 g/mol. The quantitative estimate of drug-likeness (QED) is 0.0670. The van der Waals surface area contributed by atoms with Crippen LogP contribution in [0.3, 0.4) is 0 Å². The molecule has 2 saturated carbocycles. The van der Waals surface area contributed by atoms with Gasteiger partial charge in [-0.25, -0.2) is 0 Å². The number of rotatable bonds is 14. The van der Waals surface area contributed by atoms with E-state index in [1.165, 1.54) is 205 Å². The summed E-state index contributed by atoms with van der Waals surface area (Å²) in [7, 11) is 2.94. The Balaban J connectivity index is 0.000000132. The number of fused-ring (bicyclic) bond motifs is 2. The first-order valence-corrected chi connectivity index (χ1v) is 44.4. The Kier molecular flexibility index (Phi) is 30.9. The molecule has 4 heterocycles. The molecule has 4 aliphatic heterocycles. The minimum atomic E-state index is 0.376. The van der Waals surface area contributed by atoms with E-state index in [1.54, 1.807) is 31.7 Å². The molecular formula is C81H108O3S6+6. The molecule has 14 rings (SSSR count). The van der Waals surface area contributed by atoms with Crippen LogP contribution in [0.2, 0.25) is 0 Å². The lowest BCUT2D eigenvalue weighted by molar-refractivity contribution is 0.122. The molecule has 1 unspecified atom stereocenters. The number of phenols is 1. The SMILES string of the molecule is CCCOCc1ccc([S+]2CCCC2)c2ccccc12.C[S+](C)c1ccccc1.C[S+](c1ccccc1)C1CCCCC1.Oc1ccc([S+]2CCCC2)cc1.c1ccc([S+]2CCCC2)cc1.c1ccc2c([S+]3CCCC3)ccc(OCC3CCCCCC3)c2c1. The van der Waals surface area contributed by atoms with E-state index in [0.29, 0.717) is 71.1 Å². The van der Waals surface area contributed by atoms with Crippen molar-refractivity contribution >= 4 is 86.9 Å². The minimum absolute atomic E-state index is 0.376. The lowest BCUT2D eigenvalue weighted by Gasteiger charge is -2.20. The second-order valence-electron chi connectivity index (χ2n) is 25.1. The fourth-order valence-electron chi connectivity index (χ4n) is 13.1. The van der Waals surface area contributed by atoms with E-state index in [-0.39, 0.29) is 0 Å². The van der Waals surface area contributed by atoms with Crippen LogP contribution in [-0.4, -0.2) is 88.4 Å². The standard InChI is InChI=1S/C22H29OS.C18H23OS.C13H19S.C10H12OS.C10H13S.C8H11S/c1-2-4-10-18(9-3-1)17-23-21-13-14-22(24-15-7-8-16-24)20-12-6-5-11-19(20)21;1-2-11-19-14-15-9-10-18(20-12-5-6-13-20)17-8-4-3-7-16(15)17;1-14(12-8-4-2-5-9-12)13-10-6-3-7-11-13;11-9-3-5-10(6-4-9)12-7-1-2-8-12;1-2-6-10(7-3-1)11-8-4-5-9-11;1-9(2)8-6-4-3-5-7-8/h5-6,11-14,18H,1-4,7-10,15-17H2;3-4,7-10H,2,5-6,11-14H2,1H3;2,4-5,8-9,13H,3,6-7,10-11H2,1H3;3-6H,1-2,7-8H2;1-3,6-7H,4-5,8-9H2;3-7H,1-2H3/q3*+1;;2*+1/p+1. The van der Waals surface area contributed by atoms with E-state index in [1.807, 2.05) is 0 Å². The molecule has 3 nitrogen and oxygen atoms in total. The van der Waals surface area contributed by atoms with Gasteiger partial charge < -0.3 is 14.6 Å². The Labute approximate surface area is 562 Å². The van der Waals surface area contributed by atoms with E-state index in [0.717, 1.165) is 43.2 Å². The molecule has 90 heavy (non-hydrogen) atoms. The zero-order valence-corrected chi connectivity index (χ0v) is 60.1. The summed E-state index contributed by atoms with van der Waals surface area (Å²) in [4.78, 5) is 9.15. The van der Waals surface area contributed by atoms with Crippen molar-refractivity contribution in [1.82, 2.24) is 0 Å². The molecule has 0 radical (unpaired) electrons. The molecule has 6 fully saturated rings. The molecule has 1 atom stereocenters. The Morgan fingerprint density at radius 2 is 0.822 bits per heavy atom. The van der Waals surface area contributed by atoms with Crippen molar-refractivity contribution in [2.45, 2.75) is 177 Å². The third kappa shape index (κ3) is 22.3. The third-order valence-corrected chi connectivity index (χ3v) is 32.0. The first-order valence-electron chi connectivity index (χ1n) is 34.4. The molecule has 8 aromatic rings. The maximum atomic E-state index is 9.10. The highest BCUT2D eigenvalue weighted by molar-refractivity contribution is 7.98. The van der Waals surface area contributed by atoms with Gasteiger partial charge in [0.2, 0.25) is 0 Å². The first-order chi connectivity index (χ1) is 44.3. The molecule has 0 amide bonds. The molecule has 0 bridgehead atoms. The fraction of sp³-hybridized carbons (Fsp3) is 0.457. The summed E-state index contributed by atoms with van der Waals surface area (Å²) < 4.78 is 12.1. The lowest BCUT2D eigenvalue weighted by Crippen LogP contribution is -2.23. The maximum absolute atomic E-state index is 9.10. The van der Waals surface area contributed by atoms with E-state index in [9.17, 15) is 0 Å². The molecule has 8 aromatic carbocycles. The first kappa shape index (κ1) is 70.3. The van der Waals surface area contributed by atoms with Gasteiger partial charge in [0.15, 0.2) is 29.4 Å². The van der Waals surface area contributed by atoms with Crippen molar-refractivity contribution in [3.8, 4) is 11.5 Å². The minimum Gasteiger partial charge on any atom is -0.508 e. The largest absolute Gasteiger partial charge is 0.508 e. The smallest absolute Gasteiger partial charge is 0.162 e. The number of phenolic OH excluding ortho intramolecular Hbond substituents is 1. The topological polar surface area (TPSA) is 38.7 Å². The predicted octanol–water partition coefficient (Wildman–Crippen LogP) is 20.7. The summed E-state index contributed by atoms with van der Waals surface area (Å²) in [6.07, 6.45) is 34.8. The number of hydrogen-bond acceptors (Lipinski definition) is 3. The second kappa shape index (κ2) is 39.6. The maximum Gasteiger partial charge on any atom is 0.162 e. The van der Waals surface area contributed by atoms with Crippen LogP contribution in [0.5, 0.6) is 11.5 Å². The van der Waals surface area contributed by atoms with Crippen molar-refractivity contribution < 1.29 is 14.6 Å². The van der Waals surface area contributed by atoms with E-state index >= 15 is 0 Å². The van der Waals surface area contributed by atoms with Crippen molar-refractivity contribution in [3.63, 3.8) is 0 Å². The average Bonchev–Trinajstić information content (AvgIpc) is 1.68. The molecule has 2 aliphatic carbocycles. The van der Waals surface area contributed by atoms with Gasteiger partial charge in [-0.05, 0) is 204 Å². The van der Waals surface area contributed by atoms with Gasteiger partial charge in [-0.15, -0.1) is 0 Å². The summed E-state index contributed by atoms with van der Waals surface area (Å²) in [6, 6.07) is 67.3. The Morgan fingerprint density at radius 3 is 1.33 bits per heavy atom. The van der Waals surface area contributed by atoms with E-state index < -0.39 is 0 Å². The molecule has 480 valence electrons. The zero-order valence-electron chi connectivity index (χ0n) is 55.2. The van der Waals surface area contributed by atoms with Crippen LogP contribution in [-0.2, 0) is 76.7 Å². The highest BCUT2D eigenvalue weighted by Crippen LogP contribution is 2.37. The zero-order chi connectivity index (χ0) is 62.4. The molecule has 9 heteroatoms. The predicted molar refractivity (Wildman–Crippen MR) is 406 cm³/mol. The van der Waals surface area contributed by atoms with Gasteiger partial charge in [-0.2, -0.15) is 0 Å². The van der Waals surface area contributed by atoms with Crippen molar-refractivity contribution in [2.24, 2.45) is 5.92 Å². The molecule has 0 aromatic heterocycles. The summed E-state index contributed by atoms with van der Waals surface area (Å²) in [6.45, 7) is 4.64. The van der Waals surface area contributed by atoms with Crippen LogP contribution in [0.15, 0.2) is 217 Å². The highest BCUT2D eigenvalue weighted by Gasteiger charge is 2.32. The van der Waals surface area contributed by atoms with Crippen molar-refractivity contribution in [1.29, 1.82) is 0 Å². The van der Waals surface area contributed by atoms with Gasteiger partial charge in [0.1, 0.15) is 81.5 Å². The Bertz CT molecular complexity index is 3210.